The van der Waals surface area contributed by atoms with E-state index in [9.17, 15) is 13.5 Å². The molecule has 6 heteroatoms. The van der Waals surface area contributed by atoms with Gasteiger partial charge in [0, 0.05) is 25.8 Å². The van der Waals surface area contributed by atoms with Crippen LogP contribution in [0, 0.1) is 0 Å². The summed E-state index contributed by atoms with van der Waals surface area (Å²) in [5.41, 5.74) is 1.90. The molecule has 0 bridgehead atoms. The van der Waals surface area contributed by atoms with Crippen LogP contribution in [0.2, 0.25) is 0 Å². The van der Waals surface area contributed by atoms with E-state index in [4.69, 9.17) is 4.74 Å². The topological polar surface area (TPSA) is 75.6 Å². The van der Waals surface area contributed by atoms with Crippen molar-refractivity contribution in [2.24, 2.45) is 0 Å². The molecule has 0 amide bonds. The predicted octanol–water partition coefficient (Wildman–Crippen LogP) is 1.72. The molecule has 0 unspecified atom stereocenters. The number of ether oxygens (including phenoxy) is 1. The maximum Gasteiger partial charge on any atom is 0.175 e. The fourth-order valence-corrected chi connectivity index (χ4v) is 3.43. The van der Waals surface area contributed by atoms with Crippen molar-refractivity contribution in [3.8, 4) is 5.75 Å². The monoisotopic (exact) mass is 347 g/mol. The van der Waals surface area contributed by atoms with E-state index in [0.717, 1.165) is 12.2 Å². The molecule has 0 spiro atoms. The third-order valence-electron chi connectivity index (χ3n) is 4.12. The number of aliphatic hydroxyl groups is 1. The Morgan fingerprint density at radius 3 is 2.58 bits per heavy atom. The maximum absolute atomic E-state index is 11.4. The number of hydrogen-bond acceptors (Lipinski definition) is 5. The number of nitrogens with one attached hydrogen (secondary N) is 1. The summed E-state index contributed by atoms with van der Waals surface area (Å²) in [4.78, 5) is 0.253. The largest absolute Gasteiger partial charge is 0.488 e. The van der Waals surface area contributed by atoms with E-state index < -0.39 is 15.9 Å². The van der Waals surface area contributed by atoms with E-state index in [2.05, 4.69) is 11.4 Å². The minimum Gasteiger partial charge on any atom is -0.488 e. The first-order chi connectivity index (χ1) is 11.4. The molecule has 0 aliphatic carbocycles. The van der Waals surface area contributed by atoms with Crippen LogP contribution in [0.25, 0.3) is 0 Å². The van der Waals surface area contributed by atoms with Crippen LogP contribution in [0.3, 0.4) is 0 Å². The van der Waals surface area contributed by atoms with E-state index in [1.807, 2.05) is 18.2 Å². The van der Waals surface area contributed by atoms with Crippen LogP contribution in [-0.4, -0.2) is 39.0 Å². The summed E-state index contributed by atoms with van der Waals surface area (Å²) in [7, 11) is -3.21. The third kappa shape index (κ3) is 3.95. The zero-order chi connectivity index (χ0) is 17.2. The first-order valence-electron chi connectivity index (χ1n) is 7.87. The van der Waals surface area contributed by atoms with Gasteiger partial charge < -0.3 is 15.2 Å². The summed E-state index contributed by atoms with van der Waals surface area (Å²) in [6, 6.07) is 14.3. The maximum atomic E-state index is 11.4. The number of benzene rings is 2. The van der Waals surface area contributed by atoms with Crippen molar-refractivity contribution in [1.82, 2.24) is 5.32 Å². The molecule has 2 aromatic rings. The standard InChI is InChI=1S/C18H21NO4S/c1-24(21,22)16-8-6-13(7-9-16)17(20)12-19-11-15-10-14-4-2-3-5-18(14)23-15/h2-9,15,17,19-20H,10-12H2,1H3/t15-,17-/m0/s1. The lowest BCUT2D eigenvalue weighted by atomic mass is 10.1. The Morgan fingerprint density at radius 1 is 1.21 bits per heavy atom. The molecule has 0 saturated carbocycles. The smallest absolute Gasteiger partial charge is 0.175 e. The Hall–Kier alpha value is -1.89. The van der Waals surface area contributed by atoms with E-state index in [1.165, 1.54) is 24.0 Å². The van der Waals surface area contributed by atoms with E-state index >= 15 is 0 Å². The van der Waals surface area contributed by atoms with Gasteiger partial charge in [0.2, 0.25) is 0 Å². The quantitative estimate of drug-likeness (QED) is 0.832. The van der Waals surface area contributed by atoms with Crippen molar-refractivity contribution in [1.29, 1.82) is 0 Å². The Kier molecular flexibility index (Phi) is 4.89. The summed E-state index contributed by atoms with van der Waals surface area (Å²) in [5, 5.41) is 13.4. The molecular weight excluding hydrogens is 326 g/mol. The zero-order valence-corrected chi connectivity index (χ0v) is 14.3. The molecule has 5 nitrogen and oxygen atoms in total. The highest BCUT2D eigenvalue weighted by atomic mass is 32.2. The number of fused-ring (bicyclic) bond motifs is 1. The highest BCUT2D eigenvalue weighted by Crippen LogP contribution is 2.27. The molecule has 24 heavy (non-hydrogen) atoms. The molecule has 1 aliphatic rings. The van der Waals surface area contributed by atoms with Crippen LogP contribution in [0.1, 0.15) is 17.2 Å². The number of rotatable bonds is 6. The van der Waals surface area contributed by atoms with Crippen LogP contribution in [0.15, 0.2) is 53.4 Å². The van der Waals surface area contributed by atoms with Crippen molar-refractivity contribution < 1.29 is 18.3 Å². The van der Waals surface area contributed by atoms with E-state index in [0.29, 0.717) is 18.7 Å². The second-order valence-electron chi connectivity index (χ2n) is 6.07. The summed E-state index contributed by atoms with van der Waals surface area (Å²) in [6.45, 7) is 1.03. The van der Waals surface area contributed by atoms with Crippen molar-refractivity contribution in [3.63, 3.8) is 0 Å². The molecule has 2 atom stereocenters. The highest BCUT2D eigenvalue weighted by Gasteiger charge is 2.22. The van der Waals surface area contributed by atoms with Gasteiger partial charge in [-0.15, -0.1) is 0 Å². The summed E-state index contributed by atoms with van der Waals surface area (Å²) in [5.74, 6) is 0.932. The number of sulfone groups is 1. The van der Waals surface area contributed by atoms with Crippen LogP contribution in [0.4, 0.5) is 0 Å². The first kappa shape index (κ1) is 17.0. The van der Waals surface area contributed by atoms with Gasteiger partial charge in [0.05, 0.1) is 11.0 Å². The van der Waals surface area contributed by atoms with Gasteiger partial charge in [-0.2, -0.15) is 0 Å². The fraction of sp³-hybridized carbons (Fsp3) is 0.333. The molecule has 0 saturated heterocycles. The number of aliphatic hydroxyl groups excluding tert-OH is 1. The molecule has 2 aromatic carbocycles. The van der Waals surface area contributed by atoms with Gasteiger partial charge in [-0.3, -0.25) is 0 Å². The van der Waals surface area contributed by atoms with Crippen molar-refractivity contribution >= 4 is 9.84 Å². The predicted molar refractivity (Wildman–Crippen MR) is 91.9 cm³/mol. The average Bonchev–Trinajstić information content (AvgIpc) is 2.96. The molecule has 128 valence electrons. The molecule has 1 aliphatic heterocycles. The number of hydrogen-bond donors (Lipinski definition) is 2. The van der Waals surface area contributed by atoms with Gasteiger partial charge in [-0.25, -0.2) is 8.42 Å². The van der Waals surface area contributed by atoms with E-state index in [1.54, 1.807) is 12.1 Å². The Morgan fingerprint density at radius 2 is 1.92 bits per heavy atom. The molecule has 3 rings (SSSR count). The van der Waals surface area contributed by atoms with Crippen molar-refractivity contribution in [3.05, 3.63) is 59.7 Å². The second kappa shape index (κ2) is 6.93. The van der Waals surface area contributed by atoms with Gasteiger partial charge >= 0.3 is 0 Å². The molecule has 2 N–H and O–H groups in total. The van der Waals surface area contributed by atoms with Gasteiger partial charge in [0.15, 0.2) is 9.84 Å². The molecule has 0 radical (unpaired) electrons. The number of para-hydroxylation sites is 1. The third-order valence-corrected chi connectivity index (χ3v) is 5.25. The lowest BCUT2D eigenvalue weighted by Crippen LogP contribution is -2.32. The van der Waals surface area contributed by atoms with Gasteiger partial charge in [-0.05, 0) is 29.3 Å². The van der Waals surface area contributed by atoms with Gasteiger partial charge in [-0.1, -0.05) is 30.3 Å². The normalized spacial score (nSPS) is 18.0. The highest BCUT2D eigenvalue weighted by molar-refractivity contribution is 7.90. The molecule has 1 heterocycles. The molecule has 0 fully saturated rings. The second-order valence-corrected chi connectivity index (χ2v) is 8.08. The Labute approximate surface area is 142 Å². The van der Waals surface area contributed by atoms with Crippen molar-refractivity contribution in [2.45, 2.75) is 23.5 Å². The van der Waals surface area contributed by atoms with Gasteiger partial charge in [0.25, 0.3) is 0 Å². The first-order valence-corrected chi connectivity index (χ1v) is 9.76. The van der Waals surface area contributed by atoms with Crippen LogP contribution < -0.4 is 10.1 Å². The zero-order valence-electron chi connectivity index (χ0n) is 13.5. The fourth-order valence-electron chi connectivity index (χ4n) is 2.80. The van der Waals surface area contributed by atoms with Crippen LogP contribution in [-0.2, 0) is 16.3 Å². The lowest BCUT2D eigenvalue weighted by molar-refractivity contribution is 0.163. The Balaban J connectivity index is 1.49. The van der Waals surface area contributed by atoms with E-state index in [-0.39, 0.29) is 11.0 Å². The Bertz CT molecular complexity index is 777. The minimum absolute atomic E-state index is 0.0715. The van der Waals surface area contributed by atoms with Crippen molar-refractivity contribution in [2.75, 3.05) is 19.3 Å². The van der Waals surface area contributed by atoms with Crippen LogP contribution >= 0.6 is 0 Å². The molecule has 0 aromatic heterocycles. The van der Waals surface area contributed by atoms with Crippen LogP contribution in [0.5, 0.6) is 5.75 Å². The summed E-state index contributed by atoms with van der Waals surface area (Å²) >= 11 is 0. The van der Waals surface area contributed by atoms with Gasteiger partial charge in [0.1, 0.15) is 11.9 Å². The summed E-state index contributed by atoms with van der Waals surface area (Å²) < 4.78 is 28.7. The average molecular weight is 347 g/mol. The molecular formula is C18H21NO4S. The SMILES string of the molecule is CS(=O)(=O)c1ccc([C@@H](O)CNC[C@@H]2Cc3ccccc3O2)cc1. The lowest BCUT2D eigenvalue weighted by Gasteiger charge is -2.15. The summed E-state index contributed by atoms with van der Waals surface area (Å²) in [6.07, 6.45) is 1.41. The minimum atomic E-state index is -3.21.